The molecule has 1 amide bonds. The van der Waals surface area contributed by atoms with Crippen molar-refractivity contribution >= 4 is 5.91 Å². The number of hydrogen-bond donors (Lipinski definition) is 6. The van der Waals surface area contributed by atoms with Gasteiger partial charge in [-0.05, 0) is 77.8 Å². The van der Waals surface area contributed by atoms with E-state index in [1.807, 2.05) is 0 Å². The molecule has 0 bridgehead atoms. The fourth-order valence-corrected chi connectivity index (χ4v) is 7.62. The third-order valence-electron chi connectivity index (χ3n) is 9.67. The van der Waals surface area contributed by atoms with Gasteiger partial charge in [0, 0.05) is 43.8 Å². The number of morpholine rings is 1. The number of carbonyl (C=O) groups is 1. The zero-order valence-electron chi connectivity index (χ0n) is 24.8. The first-order chi connectivity index (χ1) is 19.5. The van der Waals surface area contributed by atoms with Crippen LogP contribution >= 0.6 is 0 Å². The molecule has 10 nitrogen and oxygen atoms in total. The van der Waals surface area contributed by atoms with Crippen LogP contribution in [0, 0.1) is 11.8 Å². The molecule has 4 heterocycles. The van der Waals surface area contributed by atoms with Gasteiger partial charge < -0.3 is 20.1 Å². The molecule has 0 aromatic heterocycles. The molecule has 10 unspecified atom stereocenters. The number of alkyl halides is 3. The summed E-state index contributed by atoms with van der Waals surface area (Å²) in [6.45, 7) is 12.9. The molecular formula is C28H50F3N7O3. The SMILES string of the molecule is CC1NC(C(=O)NC2CCC(C)C(NC3NCCC(C4CNCC(N5C[C@@H](C)O[C@@H](C)C5)C4)N3)C2)C(C(F)(F)F)O1. The van der Waals surface area contributed by atoms with Crippen LogP contribution < -0.4 is 31.9 Å². The Morgan fingerprint density at radius 3 is 2.44 bits per heavy atom. The second-order valence-electron chi connectivity index (χ2n) is 13.1. The maximum Gasteiger partial charge on any atom is 0.416 e. The average Bonchev–Trinajstić information content (AvgIpc) is 3.33. The summed E-state index contributed by atoms with van der Waals surface area (Å²) in [6, 6.07) is -0.618. The minimum atomic E-state index is -4.60. The van der Waals surface area contributed by atoms with Gasteiger partial charge in [0.15, 0.2) is 6.10 Å². The summed E-state index contributed by atoms with van der Waals surface area (Å²) in [4.78, 5) is 15.5. The standard InChI is InChI=1S/C28H50F3N7O3/c1-15-5-6-20(35-26(39)24-25(28(29,30)31)41-18(4)34-24)10-23(15)37-27-33-8-7-22(36-27)19-9-21(12-32-11-19)38-13-16(2)40-17(3)14-38/h15-25,27,32-34,36-37H,5-14H2,1-4H3,(H,35,39)/t15?,16-,17+,18?,19?,20?,21?,22?,23?,24?,25?,27?. The maximum atomic E-state index is 13.4. The Morgan fingerprint density at radius 2 is 1.71 bits per heavy atom. The van der Waals surface area contributed by atoms with E-state index < -0.39 is 30.5 Å². The van der Waals surface area contributed by atoms with E-state index in [4.69, 9.17) is 9.47 Å². The number of amides is 1. The Kier molecular flexibility index (Phi) is 10.2. The fourth-order valence-electron chi connectivity index (χ4n) is 7.62. The van der Waals surface area contributed by atoms with E-state index in [0.29, 0.717) is 30.3 Å². The third-order valence-corrected chi connectivity index (χ3v) is 9.67. The van der Waals surface area contributed by atoms with Gasteiger partial charge in [-0.3, -0.25) is 31.0 Å². The van der Waals surface area contributed by atoms with Crippen LogP contribution in [0.5, 0.6) is 0 Å². The Hall–Kier alpha value is -1.06. The van der Waals surface area contributed by atoms with Gasteiger partial charge in [0.05, 0.1) is 12.2 Å². The normalized spacial score (nSPS) is 45.0. The fraction of sp³-hybridized carbons (Fsp3) is 0.964. The summed E-state index contributed by atoms with van der Waals surface area (Å²) in [5.74, 6) is 0.260. The van der Waals surface area contributed by atoms with Crippen molar-refractivity contribution in [3.63, 3.8) is 0 Å². The van der Waals surface area contributed by atoms with Crippen LogP contribution in [-0.2, 0) is 14.3 Å². The molecule has 13 heteroatoms. The number of nitrogens with one attached hydrogen (secondary N) is 6. The predicted octanol–water partition coefficient (Wildman–Crippen LogP) is 0.837. The Labute approximate surface area is 242 Å². The molecule has 0 aromatic carbocycles. The van der Waals surface area contributed by atoms with Gasteiger partial charge in [-0.25, -0.2) is 0 Å². The Morgan fingerprint density at radius 1 is 0.951 bits per heavy atom. The summed E-state index contributed by atoms with van der Waals surface area (Å²) in [5, 5.41) is 20.3. The number of rotatable bonds is 6. The minimum Gasteiger partial charge on any atom is -0.373 e. The first kappa shape index (κ1) is 31.4. The lowest BCUT2D eigenvalue weighted by Crippen LogP contribution is -2.67. The zero-order valence-corrected chi connectivity index (χ0v) is 24.8. The van der Waals surface area contributed by atoms with E-state index in [1.165, 1.54) is 6.92 Å². The number of hydrogen-bond acceptors (Lipinski definition) is 9. The summed E-state index contributed by atoms with van der Waals surface area (Å²) < 4.78 is 51.2. The van der Waals surface area contributed by atoms with Gasteiger partial charge in [-0.2, -0.15) is 13.2 Å². The second-order valence-corrected chi connectivity index (χ2v) is 13.1. The van der Waals surface area contributed by atoms with E-state index >= 15 is 0 Å². The summed E-state index contributed by atoms with van der Waals surface area (Å²) in [7, 11) is 0. The Bertz CT molecular complexity index is 875. The second kappa shape index (κ2) is 13.3. The highest BCUT2D eigenvalue weighted by Gasteiger charge is 2.53. The molecule has 6 N–H and O–H groups in total. The van der Waals surface area contributed by atoms with Crippen molar-refractivity contribution in [3.8, 4) is 0 Å². The number of nitrogens with zero attached hydrogens (tertiary/aromatic N) is 1. The average molecular weight is 590 g/mol. The first-order valence-corrected chi connectivity index (χ1v) is 15.6. The molecule has 41 heavy (non-hydrogen) atoms. The van der Waals surface area contributed by atoms with E-state index in [2.05, 4.69) is 57.6 Å². The van der Waals surface area contributed by atoms with Gasteiger partial charge in [-0.15, -0.1) is 0 Å². The molecule has 5 aliphatic rings. The van der Waals surface area contributed by atoms with Gasteiger partial charge in [-0.1, -0.05) is 6.92 Å². The van der Waals surface area contributed by atoms with Gasteiger partial charge >= 0.3 is 6.18 Å². The molecule has 4 aliphatic heterocycles. The molecule has 4 saturated heterocycles. The first-order valence-electron chi connectivity index (χ1n) is 15.6. The van der Waals surface area contributed by atoms with Crippen LogP contribution in [0.1, 0.15) is 59.8 Å². The third kappa shape index (κ3) is 7.91. The lowest BCUT2D eigenvalue weighted by atomic mass is 9.82. The summed E-state index contributed by atoms with van der Waals surface area (Å²) >= 11 is 0. The molecule has 5 rings (SSSR count). The van der Waals surface area contributed by atoms with Crippen LogP contribution in [0.25, 0.3) is 0 Å². The van der Waals surface area contributed by atoms with E-state index in [0.717, 1.165) is 58.4 Å². The number of carbonyl (C=O) groups excluding carboxylic acids is 1. The number of ether oxygens (including phenoxy) is 2. The van der Waals surface area contributed by atoms with Crippen molar-refractivity contribution in [3.05, 3.63) is 0 Å². The molecule has 0 spiro atoms. The monoisotopic (exact) mass is 589 g/mol. The van der Waals surface area contributed by atoms with E-state index in [1.54, 1.807) is 0 Å². The van der Waals surface area contributed by atoms with E-state index in [-0.39, 0.29) is 30.6 Å². The van der Waals surface area contributed by atoms with Crippen LogP contribution in [0.2, 0.25) is 0 Å². The van der Waals surface area contributed by atoms with Crippen molar-refractivity contribution in [2.24, 2.45) is 11.8 Å². The highest BCUT2D eigenvalue weighted by atomic mass is 19.4. The molecule has 12 atom stereocenters. The lowest BCUT2D eigenvalue weighted by molar-refractivity contribution is -0.216. The topological polar surface area (TPSA) is 111 Å². The van der Waals surface area contributed by atoms with Crippen molar-refractivity contribution in [2.75, 3.05) is 32.7 Å². The van der Waals surface area contributed by atoms with Crippen LogP contribution in [0.4, 0.5) is 13.2 Å². The number of halogens is 3. The van der Waals surface area contributed by atoms with Crippen LogP contribution in [0.3, 0.4) is 0 Å². The van der Waals surface area contributed by atoms with Crippen molar-refractivity contribution in [1.29, 1.82) is 0 Å². The minimum absolute atomic E-state index is 0.0557. The highest BCUT2D eigenvalue weighted by molar-refractivity contribution is 5.83. The van der Waals surface area contributed by atoms with E-state index in [9.17, 15) is 18.0 Å². The molecule has 0 radical (unpaired) electrons. The van der Waals surface area contributed by atoms with Crippen LogP contribution in [0.15, 0.2) is 0 Å². The van der Waals surface area contributed by atoms with Gasteiger partial charge in [0.25, 0.3) is 0 Å². The molecule has 5 fully saturated rings. The predicted molar refractivity (Wildman–Crippen MR) is 149 cm³/mol. The largest absolute Gasteiger partial charge is 0.416 e. The molecular weight excluding hydrogens is 539 g/mol. The highest BCUT2D eigenvalue weighted by Crippen LogP contribution is 2.31. The quantitative estimate of drug-likeness (QED) is 0.269. The summed E-state index contributed by atoms with van der Waals surface area (Å²) in [5.41, 5.74) is 0. The van der Waals surface area contributed by atoms with Gasteiger partial charge in [0.1, 0.15) is 18.6 Å². The zero-order chi connectivity index (χ0) is 29.3. The smallest absolute Gasteiger partial charge is 0.373 e. The molecule has 1 saturated carbocycles. The van der Waals surface area contributed by atoms with Gasteiger partial charge in [0.2, 0.25) is 5.91 Å². The molecule has 0 aromatic rings. The molecule has 1 aliphatic carbocycles. The van der Waals surface area contributed by atoms with Crippen molar-refractivity contribution in [2.45, 2.75) is 127 Å². The Balaban J connectivity index is 1.13. The lowest BCUT2D eigenvalue weighted by Gasteiger charge is -2.46. The van der Waals surface area contributed by atoms with Crippen LogP contribution in [-0.4, -0.2) is 111 Å². The maximum absolute atomic E-state index is 13.4. The van der Waals surface area contributed by atoms with Crippen molar-refractivity contribution < 1.29 is 27.4 Å². The summed E-state index contributed by atoms with van der Waals surface area (Å²) in [6.07, 6.45) is -2.60. The number of piperidine rings is 1. The molecule has 236 valence electrons. The van der Waals surface area contributed by atoms with Crippen molar-refractivity contribution in [1.82, 2.24) is 36.8 Å².